The van der Waals surface area contributed by atoms with Gasteiger partial charge in [-0.25, -0.2) is 4.79 Å². The molecule has 0 bridgehead atoms. The number of unbranched alkanes of at least 4 members (excludes halogenated alkanes) is 1. The van der Waals surface area contributed by atoms with Gasteiger partial charge in [0.05, 0.1) is 0 Å². The molecule has 0 aliphatic carbocycles. The van der Waals surface area contributed by atoms with Crippen LogP contribution in [-0.4, -0.2) is 47.3 Å². The Morgan fingerprint density at radius 2 is 1.90 bits per heavy atom. The number of carboxylic acids is 1. The second-order valence-electron chi connectivity index (χ2n) is 4.58. The van der Waals surface area contributed by atoms with Gasteiger partial charge in [0, 0.05) is 19.0 Å². The minimum Gasteiger partial charge on any atom is -0.480 e. The number of carbonyl (C=O) groups excluding carboxylic acids is 1. The van der Waals surface area contributed by atoms with Crippen LogP contribution >= 0.6 is 0 Å². The number of halogens is 3. The van der Waals surface area contributed by atoms with Crippen LogP contribution in [0.3, 0.4) is 0 Å². The minimum atomic E-state index is -4.18. The maximum absolute atomic E-state index is 11.9. The van der Waals surface area contributed by atoms with Crippen molar-refractivity contribution >= 4 is 12.0 Å². The van der Waals surface area contributed by atoms with E-state index in [1.165, 1.54) is 0 Å². The van der Waals surface area contributed by atoms with Crippen LogP contribution in [0, 0.1) is 0 Å². The Morgan fingerprint density at radius 3 is 2.35 bits per heavy atom. The molecule has 0 radical (unpaired) electrons. The summed E-state index contributed by atoms with van der Waals surface area (Å²) in [4.78, 5) is 23.6. The molecule has 0 saturated carbocycles. The highest BCUT2D eigenvalue weighted by Gasteiger charge is 2.26. The normalized spacial score (nSPS) is 12.8. The summed E-state index contributed by atoms with van der Waals surface area (Å²) in [6.07, 6.45) is -4.34. The molecule has 0 aromatic rings. The van der Waals surface area contributed by atoms with Crippen LogP contribution in [0.2, 0.25) is 0 Å². The smallest absolute Gasteiger partial charge is 0.389 e. The number of nitrogens with one attached hydrogen (secondary N) is 1. The van der Waals surface area contributed by atoms with Crippen molar-refractivity contribution in [2.24, 2.45) is 0 Å². The van der Waals surface area contributed by atoms with Gasteiger partial charge in [0.1, 0.15) is 6.54 Å². The summed E-state index contributed by atoms with van der Waals surface area (Å²) in [5.41, 5.74) is 0. The molecule has 0 aliphatic heterocycles. The first-order chi connectivity index (χ1) is 9.17. The maximum Gasteiger partial charge on any atom is 0.389 e. The van der Waals surface area contributed by atoms with E-state index >= 15 is 0 Å². The summed E-state index contributed by atoms with van der Waals surface area (Å²) in [6, 6.07) is -0.810. The topological polar surface area (TPSA) is 69.6 Å². The van der Waals surface area contributed by atoms with E-state index in [-0.39, 0.29) is 25.4 Å². The maximum atomic E-state index is 11.9. The predicted molar refractivity (Wildman–Crippen MR) is 67.4 cm³/mol. The quantitative estimate of drug-likeness (QED) is 0.677. The first-order valence-corrected chi connectivity index (χ1v) is 6.50. The van der Waals surface area contributed by atoms with Crippen molar-refractivity contribution in [3.8, 4) is 0 Å². The van der Waals surface area contributed by atoms with E-state index < -0.39 is 31.1 Å². The highest BCUT2D eigenvalue weighted by atomic mass is 19.4. The molecule has 0 rings (SSSR count). The Balaban J connectivity index is 4.11. The van der Waals surface area contributed by atoms with E-state index in [1.54, 1.807) is 6.92 Å². The monoisotopic (exact) mass is 298 g/mol. The van der Waals surface area contributed by atoms with Crippen LogP contribution in [-0.2, 0) is 4.79 Å². The summed E-state index contributed by atoms with van der Waals surface area (Å²) in [5, 5.41) is 11.2. The van der Waals surface area contributed by atoms with E-state index in [0.717, 1.165) is 4.90 Å². The fourth-order valence-corrected chi connectivity index (χ4v) is 1.54. The lowest BCUT2D eigenvalue weighted by Gasteiger charge is -2.27. The summed E-state index contributed by atoms with van der Waals surface area (Å²) < 4.78 is 35.7. The van der Waals surface area contributed by atoms with Gasteiger partial charge in [-0.15, -0.1) is 0 Å². The van der Waals surface area contributed by atoms with Gasteiger partial charge in [0.25, 0.3) is 0 Å². The van der Waals surface area contributed by atoms with Gasteiger partial charge >= 0.3 is 18.2 Å². The number of aliphatic carboxylic acids is 1. The third kappa shape index (κ3) is 8.60. The Labute approximate surface area is 116 Å². The van der Waals surface area contributed by atoms with Gasteiger partial charge in [-0.1, -0.05) is 6.92 Å². The van der Waals surface area contributed by atoms with Crippen molar-refractivity contribution in [2.45, 2.75) is 51.7 Å². The van der Waals surface area contributed by atoms with Gasteiger partial charge in [0.2, 0.25) is 0 Å². The fraction of sp³-hybridized carbons (Fsp3) is 0.833. The zero-order valence-corrected chi connectivity index (χ0v) is 11.7. The molecule has 118 valence electrons. The third-order valence-electron chi connectivity index (χ3n) is 2.85. The number of nitrogens with zero attached hydrogens (tertiary/aromatic N) is 1. The molecular weight excluding hydrogens is 277 g/mol. The number of alkyl halides is 3. The van der Waals surface area contributed by atoms with Crippen molar-refractivity contribution in [1.29, 1.82) is 0 Å². The van der Waals surface area contributed by atoms with E-state index in [1.807, 2.05) is 6.92 Å². The van der Waals surface area contributed by atoms with Gasteiger partial charge in [-0.05, 0) is 26.2 Å². The molecule has 0 fully saturated rings. The van der Waals surface area contributed by atoms with Crippen LogP contribution < -0.4 is 5.32 Å². The van der Waals surface area contributed by atoms with Crippen LogP contribution in [0.5, 0.6) is 0 Å². The van der Waals surface area contributed by atoms with Crippen molar-refractivity contribution in [2.75, 3.05) is 13.1 Å². The lowest BCUT2D eigenvalue weighted by molar-refractivity contribution is -0.138. The fourth-order valence-electron chi connectivity index (χ4n) is 1.54. The Hall–Kier alpha value is -1.47. The molecule has 1 unspecified atom stereocenters. The third-order valence-corrected chi connectivity index (χ3v) is 2.85. The Bertz CT molecular complexity index is 322. The zero-order valence-electron chi connectivity index (χ0n) is 11.7. The molecule has 2 N–H and O–H groups in total. The van der Waals surface area contributed by atoms with Gasteiger partial charge in [-0.2, -0.15) is 13.2 Å². The number of urea groups is 1. The largest absolute Gasteiger partial charge is 0.480 e. The number of carbonyl (C=O) groups is 2. The lowest BCUT2D eigenvalue weighted by atomic mass is 10.2. The predicted octanol–water partition coefficient (Wildman–Crippen LogP) is 2.61. The number of carboxylic acid groups (broad SMARTS) is 1. The van der Waals surface area contributed by atoms with Crippen LogP contribution in [0.1, 0.15) is 39.5 Å². The second kappa shape index (κ2) is 8.65. The van der Waals surface area contributed by atoms with Crippen LogP contribution in [0.4, 0.5) is 18.0 Å². The Morgan fingerprint density at radius 1 is 1.30 bits per heavy atom. The van der Waals surface area contributed by atoms with E-state index in [9.17, 15) is 22.8 Å². The first-order valence-electron chi connectivity index (χ1n) is 6.50. The minimum absolute atomic E-state index is 0.0635. The lowest BCUT2D eigenvalue weighted by Crippen LogP contribution is -2.47. The molecule has 0 aromatic heterocycles. The van der Waals surface area contributed by atoms with E-state index in [0.29, 0.717) is 6.42 Å². The highest BCUT2D eigenvalue weighted by molar-refractivity contribution is 5.80. The van der Waals surface area contributed by atoms with Crippen molar-refractivity contribution in [3.05, 3.63) is 0 Å². The average Bonchev–Trinajstić information content (AvgIpc) is 2.32. The number of rotatable bonds is 8. The van der Waals surface area contributed by atoms with Crippen molar-refractivity contribution < 1.29 is 27.9 Å². The molecule has 0 saturated heterocycles. The molecule has 5 nitrogen and oxygen atoms in total. The number of amides is 2. The SMILES string of the molecule is CCC(C)N(CC(=O)O)C(=O)NCCCCC(F)(F)F. The second-order valence-corrected chi connectivity index (χ2v) is 4.58. The van der Waals surface area contributed by atoms with Gasteiger partial charge < -0.3 is 15.3 Å². The van der Waals surface area contributed by atoms with Gasteiger partial charge in [-0.3, -0.25) is 4.79 Å². The standard InChI is InChI=1S/C12H21F3N2O3/c1-3-9(2)17(8-10(18)19)11(20)16-7-5-4-6-12(13,14)15/h9H,3-8H2,1-2H3,(H,16,20)(H,18,19). The van der Waals surface area contributed by atoms with Crippen molar-refractivity contribution in [3.63, 3.8) is 0 Å². The van der Waals surface area contributed by atoms with Gasteiger partial charge in [0.15, 0.2) is 0 Å². The molecule has 20 heavy (non-hydrogen) atoms. The molecule has 8 heteroatoms. The molecule has 1 atom stereocenters. The summed E-state index contributed by atoms with van der Waals surface area (Å²) >= 11 is 0. The molecule has 0 aliphatic rings. The summed E-state index contributed by atoms with van der Waals surface area (Å²) in [5.74, 6) is -1.13. The van der Waals surface area contributed by atoms with Crippen molar-refractivity contribution in [1.82, 2.24) is 10.2 Å². The average molecular weight is 298 g/mol. The van der Waals surface area contributed by atoms with Crippen LogP contribution in [0.15, 0.2) is 0 Å². The van der Waals surface area contributed by atoms with Crippen LogP contribution in [0.25, 0.3) is 0 Å². The number of hydrogen-bond donors (Lipinski definition) is 2. The first kappa shape index (κ1) is 18.5. The highest BCUT2D eigenvalue weighted by Crippen LogP contribution is 2.21. The molecule has 2 amide bonds. The zero-order chi connectivity index (χ0) is 15.8. The van der Waals surface area contributed by atoms with E-state index in [2.05, 4.69) is 5.32 Å². The Kier molecular flexibility index (Phi) is 8.02. The summed E-state index contributed by atoms with van der Waals surface area (Å²) in [6.45, 7) is 3.20. The number of hydrogen-bond acceptors (Lipinski definition) is 2. The molecular formula is C12H21F3N2O3. The molecule has 0 aromatic carbocycles. The summed E-state index contributed by atoms with van der Waals surface area (Å²) in [7, 11) is 0. The molecule has 0 spiro atoms. The molecule has 0 heterocycles. The van der Waals surface area contributed by atoms with E-state index in [4.69, 9.17) is 5.11 Å².